The summed E-state index contributed by atoms with van der Waals surface area (Å²) in [5, 5.41) is 2.78. The molecule has 1 amide bonds. The first-order valence-electron chi connectivity index (χ1n) is 7.22. The number of furan rings is 1. The Morgan fingerprint density at radius 1 is 1.24 bits per heavy atom. The normalized spacial score (nSPS) is 10.7. The van der Waals surface area contributed by atoms with Gasteiger partial charge in [-0.25, -0.2) is 18.7 Å². The van der Waals surface area contributed by atoms with Crippen LogP contribution in [0.5, 0.6) is 0 Å². The van der Waals surface area contributed by atoms with E-state index in [4.69, 9.17) is 4.42 Å². The number of hydrogen-bond acceptors (Lipinski definition) is 5. The molecule has 128 valence electrons. The highest BCUT2D eigenvalue weighted by Gasteiger charge is 2.21. The molecule has 8 heteroatoms. The van der Waals surface area contributed by atoms with Crippen LogP contribution in [0.3, 0.4) is 0 Å². The van der Waals surface area contributed by atoms with E-state index >= 15 is 0 Å². The van der Waals surface area contributed by atoms with Crippen molar-refractivity contribution in [3.8, 4) is 11.6 Å². The van der Waals surface area contributed by atoms with Gasteiger partial charge in [0, 0.05) is 6.07 Å². The third-order valence-electron chi connectivity index (χ3n) is 3.40. The Hall–Kier alpha value is -2.74. The highest BCUT2D eigenvalue weighted by molar-refractivity contribution is 7.98. The van der Waals surface area contributed by atoms with Crippen LogP contribution in [-0.2, 0) is 0 Å². The molecule has 1 N–H and O–H groups in total. The average Bonchev–Trinajstić information content (AvgIpc) is 3.11. The molecule has 3 aromatic rings. The molecule has 0 saturated heterocycles. The maximum Gasteiger partial charge on any atom is 0.260 e. The molecule has 2 aromatic heterocycles. The number of halogens is 2. The first-order valence-corrected chi connectivity index (χ1v) is 8.45. The van der Waals surface area contributed by atoms with Crippen molar-refractivity contribution in [1.29, 1.82) is 0 Å². The molecule has 25 heavy (non-hydrogen) atoms. The molecular formula is C17H13F2N3O2S. The Labute approximate surface area is 146 Å². The SMILES string of the molecule is CSc1nc(-c2ccco2)nc(C)c1C(=O)Nc1cc(F)ccc1F. The van der Waals surface area contributed by atoms with E-state index in [1.54, 1.807) is 25.3 Å². The molecule has 0 saturated carbocycles. The van der Waals surface area contributed by atoms with E-state index in [0.29, 0.717) is 22.3 Å². The Morgan fingerprint density at radius 3 is 2.72 bits per heavy atom. The van der Waals surface area contributed by atoms with Crippen molar-refractivity contribution in [2.24, 2.45) is 0 Å². The van der Waals surface area contributed by atoms with E-state index in [9.17, 15) is 13.6 Å². The summed E-state index contributed by atoms with van der Waals surface area (Å²) in [7, 11) is 0. The molecule has 0 unspecified atom stereocenters. The standard InChI is InChI=1S/C17H13F2N3O2S/c1-9-14(16(23)21-12-8-10(18)5-6-11(12)19)17(25-2)22-15(20-9)13-4-3-7-24-13/h3-8H,1-2H3,(H,21,23). The molecule has 0 radical (unpaired) electrons. The summed E-state index contributed by atoms with van der Waals surface area (Å²) in [5.74, 6) is -1.17. The van der Waals surface area contributed by atoms with Gasteiger partial charge in [-0.1, -0.05) is 0 Å². The van der Waals surface area contributed by atoms with Crippen molar-refractivity contribution in [1.82, 2.24) is 9.97 Å². The Balaban J connectivity index is 1.98. The van der Waals surface area contributed by atoms with Crippen molar-refractivity contribution in [3.63, 3.8) is 0 Å². The molecule has 0 fully saturated rings. The van der Waals surface area contributed by atoms with Crippen LogP contribution in [-0.4, -0.2) is 22.1 Å². The summed E-state index contributed by atoms with van der Waals surface area (Å²) in [4.78, 5) is 21.2. The van der Waals surface area contributed by atoms with Crippen LogP contribution in [0.15, 0.2) is 46.0 Å². The van der Waals surface area contributed by atoms with E-state index in [1.165, 1.54) is 18.0 Å². The number of benzene rings is 1. The van der Waals surface area contributed by atoms with Crippen LogP contribution < -0.4 is 5.32 Å². The van der Waals surface area contributed by atoms with Gasteiger partial charge < -0.3 is 9.73 Å². The van der Waals surface area contributed by atoms with E-state index < -0.39 is 17.5 Å². The summed E-state index contributed by atoms with van der Waals surface area (Å²) in [5.41, 5.74) is 0.359. The maximum absolute atomic E-state index is 13.7. The minimum atomic E-state index is -0.730. The van der Waals surface area contributed by atoms with Crippen molar-refractivity contribution in [2.75, 3.05) is 11.6 Å². The number of carbonyl (C=O) groups excluding carboxylic acids is 1. The van der Waals surface area contributed by atoms with Crippen molar-refractivity contribution >= 4 is 23.4 Å². The van der Waals surface area contributed by atoms with Crippen LogP contribution in [0.25, 0.3) is 11.6 Å². The van der Waals surface area contributed by atoms with Gasteiger partial charge in [0.1, 0.15) is 16.7 Å². The third-order valence-corrected chi connectivity index (χ3v) is 4.08. The van der Waals surface area contributed by atoms with E-state index in [1.807, 2.05) is 0 Å². The second kappa shape index (κ2) is 7.02. The van der Waals surface area contributed by atoms with Gasteiger partial charge in [0.2, 0.25) is 0 Å². The number of aromatic nitrogens is 2. The molecular weight excluding hydrogens is 348 g/mol. The lowest BCUT2D eigenvalue weighted by Gasteiger charge is -2.12. The van der Waals surface area contributed by atoms with Crippen LogP contribution in [0.2, 0.25) is 0 Å². The Kier molecular flexibility index (Phi) is 4.80. The summed E-state index contributed by atoms with van der Waals surface area (Å²) in [6, 6.07) is 6.26. The van der Waals surface area contributed by atoms with Crippen LogP contribution >= 0.6 is 11.8 Å². The number of hydrogen-bond donors (Lipinski definition) is 1. The largest absolute Gasteiger partial charge is 0.461 e. The average molecular weight is 361 g/mol. The Bertz CT molecular complexity index is 930. The van der Waals surface area contributed by atoms with Crippen LogP contribution in [0.1, 0.15) is 16.1 Å². The van der Waals surface area contributed by atoms with Gasteiger partial charge >= 0.3 is 0 Å². The van der Waals surface area contributed by atoms with Gasteiger partial charge in [-0.15, -0.1) is 11.8 Å². The monoisotopic (exact) mass is 361 g/mol. The predicted octanol–water partition coefficient (Wildman–Crippen LogP) is 4.30. The second-order valence-electron chi connectivity index (χ2n) is 5.07. The first-order chi connectivity index (χ1) is 12.0. The number of rotatable bonds is 4. The number of anilines is 1. The quantitative estimate of drug-likeness (QED) is 0.554. The summed E-state index contributed by atoms with van der Waals surface area (Å²) < 4.78 is 32.3. The lowest BCUT2D eigenvalue weighted by atomic mass is 10.2. The smallest absolute Gasteiger partial charge is 0.260 e. The van der Waals surface area contributed by atoms with Crippen molar-refractivity contribution < 1.29 is 18.0 Å². The molecule has 5 nitrogen and oxygen atoms in total. The molecule has 1 aromatic carbocycles. The molecule has 0 spiro atoms. The minimum absolute atomic E-state index is 0.200. The highest BCUT2D eigenvalue weighted by atomic mass is 32.2. The highest BCUT2D eigenvalue weighted by Crippen LogP contribution is 2.26. The molecule has 0 aliphatic carbocycles. The second-order valence-corrected chi connectivity index (χ2v) is 5.87. The summed E-state index contributed by atoms with van der Waals surface area (Å²) in [6.45, 7) is 1.64. The number of amides is 1. The predicted molar refractivity (Wildman–Crippen MR) is 90.6 cm³/mol. The molecule has 2 heterocycles. The number of nitrogens with one attached hydrogen (secondary N) is 1. The van der Waals surface area contributed by atoms with Gasteiger partial charge in [-0.2, -0.15) is 0 Å². The fourth-order valence-electron chi connectivity index (χ4n) is 2.25. The number of thioether (sulfide) groups is 1. The lowest BCUT2D eigenvalue weighted by molar-refractivity contribution is 0.102. The maximum atomic E-state index is 13.7. The minimum Gasteiger partial charge on any atom is -0.461 e. The molecule has 0 bridgehead atoms. The van der Waals surface area contributed by atoms with Crippen molar-refractivity contribution in [2.45, 2.75) is 11.9 Å². The fourth-order valence-corrected chi connectivity index (χ4v) is 2.87. The third kappa shape index (κ3) is 3.53. The van der Waals surface area contributed by atoms with E-state index in [-0.39, 0.29) is 11.3 Å². The summed E-state index contributed by atoms with van der Waals surface area (Å²) >= 11 is 1.25. The van der Waals surface area contributed by atoms with Gasteiger partial charge in [0.15, 0.2) is 11.6 Å². The van der Waals surface area contributed by atoms with E-state index in [0.717, 1.165) is 18.2 Å². The van der Waals surface area contributed by atoms with Gasteiger partial charge in [0.05, 0.1) is 23.2 Å². The lowest BCUT2D eigenvalue weighted by Crippen LogP contribution is -2.17. The fraction of sp³-hybridized carbons (Fsp3) is 0.118. The number of aryl methyl sites for hydroxylation is 1. The van der Waals surface area contributed by atoms with Crippen LogP contribution in [0, 0.1) is 18.6 Å². The van der Waals surface area contributed by atoms with Gasteiger partial charge in [-0.3, -0.25) is 4.79 Å². The topological polar surface area (TPSA) is 68.0 Å². The zero-order valence-corrected chi connectivity index (χ0v) is 14.2. The van der Waals surface area contributed by atoms with Gasteiger partial charge in [-0.05, 0) is 37.4 Å². The Morgan fingerprint density at radius 2 is 2.04 bits per heavy atom. The molecule has 3 rings (SSSR count). The zero-order chi connectivity index (χ0) is 18.0. The van der Waals surface area contributed by atoms with E-state index in [2.05, 4.69) is 15.3 Å². The molecule has 0 atom stereocenters. The number of nitrogens with zero attached hydrogens (tertiary/aromatic N) is 2. The molecule has 0 aliphatic rings. The van der Waals surface area contributed by atoms with Crippen molar-refractivity contribution in [3.05, 3.63) is 59.5 Å². The number of carbonyl (C=O) groups is 1. The van der Waals surface area contributed by atoms with Crippen LogP contribution in [0.4, 0.5) is 14.5 Å². The molecule has 0 aliphatic heterocycles. The summed E-state index contributed by atoms with van der Waals surface area (Å²) in [6.07, 6.45) is 3.26. The van der Waals surface area contributed by atoms with Gasteiger partial charge in [0.25, 0.3) is 5.91 Å². The first kappa shape index (κ1) is 17.1. The zero-order valence-electron chi connectivity index (χ0n) is 13.3.